The normalized spacial score (nSPS) is 11.4. The first kappa shape index (κ1) is 16.7. The molecule has 3 aromatic rings. The van der Waals surface area contributed by atoms with Crippen molar-refractivity contribution < 1.29 is 0 Å². The quantitative estimate of drug-likeness (QED) is 0.488. The number of pyridine rings is 1. The van der Waals surface area contributed by atoms with Crippen LogP contribution in [0, 0.1) is 0 Å². The van der Waals surface area contributed by atoms with E-state index < -0.39 is 0 Å². The van der Waals surface area contributed by atoms with Crippen LogP contribution in [0.15, 0.2) is 66.1 Å². The molecular weight excluding hydrogens is 340 g/mol. The fourth-order valence-corrected chi connectivity index (χ4v) is 2.45. The molecule has 5 N–H and O–H groups in total. The monoisotopic (exact) mass is 354 g/mol. The van der Waals surface area contributed by atoms with E-state index in [0.717, 1.165) is 5.56 Å². The lowest BCUT2D eigenvalue weighted by Crippen LogP contribution is -2.26. The molecule has 7 nitrogen and oxygen atoms in total. The summed E-state index contributed by atoms with van der Waals surface area (Å²) in [5, 5.41) is 1.86. The van der Waals surface area contributed by atoms with Gasteiger partial charge in [0, 0.05) is 40.8 Å². The van der Waals surface area contributed by atoms with Crippen molar-refractivity contribution in [3.05, 3.63) is 82.3 Å². The van der Waals surface area contributed by atoms with Crippen molar-refractivity contribution in [2.75, 3.05) is 5.01 Å². The summed E-state index contributed by atoms with van der Waals surface area (Å²) < 4.78 is 0. The molecule has 2 heterocycles. The Morgan fingerprint density at radius 3 is 2.84 bits per heavy atom. The summed E-state index contributed by atoms with van der Waals surface area (Å²) in [7, 11) is 0. The fourth-order valence-electron chi connectivity index (χ4n) is 2.28. The Hall–Kier alpha value is -3.16. The molecule has 0 amide bonds. The van der Waals surface area contributed by atoms with Crippen molar-refractivity contribution >= 4 is 23.0 Å². The summed E-state index contributed by atoms with van der Waals surface area (Å²) in [4.78, 5) is 22.3. The number of hydrogen-bond donors (Lipinski definition) is 3. The van der Waals surface area contributed by atoms with E-state index in [0.29, 0.717) is 27.7 Å². The minimum Gasteiger partial charge on any atom is -0.397 e. The second-order valence-corrected chi connectivity index (χ2v) is 5.63. The molecule has 2 aromatic heterocycles. The number of hydrogen-bond acceptors (Lipinski definition) is 6. The first-order chi connectivity index (χ1) is 12.0. The molecule has 0 radical (unpaired) electrons. The van der Waals surface area contributed by atoms with Gasteiger partial charge in [-0.3, -0.25) is 14.8 Å². The van der Waals surface area contributed by atoms with E-state index in [-0.39, 0.29) is 5.56 Å². The van der Waals surface area contributed by atoms with E-state index in [1.807, 2.05) is 6.07 Å². The molecule has 25 heavy (non-hydrogen) atoms. The van der Waals surface area contributed by atoms with E-state index in [9.17, 15) is 4.79 Å². The maximum Gasteiger partial charge on any atom is 0.251 e. The number of anilines is 1. The molecule has 0 aliphatic rings. The topological polar surface area (TPSA) is 114 Å². The standard InChI is InChI=1S/C17H15ClN6O/c18-12-3-4-16(13(6-12)15-7-17(25)23-10-22-15)24(20)9-14(19)11-2-1-5-21-8-11/h1-10H,19-20H2,(H,22,23,25)/b14-9-. The molecule has 0 atom stereocenters. The number of aromatic nitrogens is 3. The number of rotatable bonds is 4. The summed E-state index contributed by atoms with van der Waals surface area (Å²) in [6, 6.07) is 10.1. The second-order valence-electron chi connectivity index (χ2n) is 5.19. The van der Waals surface area contributed by atoms with Crippen LogP contribution in [0.1, 0.15) is 5.56 Å². The molecule has 3 rings (SSSR count). The predicted molar refractivity (Wildman–Crippen MR) is 98.4 cm³/mol. The summed E-state index contributed by atoms with van der Waals surface area (Å²) in [5.74, 6) is 6.16. The number of nitrogens with zero attached hydrogens (tertiary/aromatic N) is 3. The van der Waals surface area contributed by atoms with Crippen LogP contribution in [-0.4, -0.2) is 15.0 Å². The molecule has 8 heteroatoms. The molecular formula is C17H15ClN6O. The van der Waals surface area contributed by atoms with Crippen molar-refractivity contribution in [1.82, 2.24) is 15.0 Å². The van der Waals surface area contributed by atoms with Crippen molar-refractivity contribution in [2.24, 2.45) is 11.6 Å². The Kier molecular flexibility index (Phi) is 4.78. The number of hydrazine groups is 1. The largest absolute Gasteiger partial charge is 0.397 e. The molecule has 0 fully saturated rings. The highest BCUT2D eigenvalue weighted by molar-refractivity contribution is 6.31. The van der Waals surface area contributed by atoms with Crippen molar-refractivity contribution in [2.45, 2.75) is 0 Å². The molecule has 0 bridgehead atoms. The van der Waals surface area contributed by atoms with Gasteiger partial charge >= 0.3 is 0 Å². The molecule has 0 aliphatic heterocycles. The van der Waals surface area contributed by atoms with Gasteiger partial charge in [0.15, 0.2) is 0 Å². The Morgan fingerprint density at radius 1 is 1.28 bits per heavy atom. The van der Waals surface area contributed by atoms with Gasteiger partial charge in [-0.05, 0) is 30.3 Å². The first-order valence-corrected chi connectivity index (χ1v) is 7.68. The van der Waals surface area contributed by atoms with Gasteiger partial charge in [0.25, 0.3) is 5.56 Å². The van der Waals surface area contributed by atoms with Crippen LogP contribution >= 0.6 is 11.6 Å². The summed E-state index contributed by atoms with van der Waals surface area (Å²) >= 11 is 6.09. The van der Waals surface area contributed by atoms with Gasteiger partial charge in [-0.2, -0.15) is 0 Å². The highest BCUT2D eigenvalue weighted by atomic mass is 35.5. The van der Waals surface area contributed by atoms with Gasteiger partial charge in [-0.25, -0.2) is 10.8 Å². The number of H-pyrrole nitrogens is 1. The minimum atomic E-state index is -0.273. The SMILES string of the molecule is N/C(=C\N(N)c1ccc(Cl)cc1-c1cc(=O)[nH]cn1)c1cccnc1. The highest BCUT2D eigenvalue weighted by Crippen LogP contribution is 2.31. The average molecular weight is 355 g/mol. The van der Waals surface area contributed by atoms with Crippen LogP contribution in [0.4, 0.5) is 5.69 Å². The summed E-state index contributed by atoms with van der Waals surface area (Å²) in [6.07, 6.45) is 6.19. The van der Waals surface area contributed by atoms with Gasteiger partial charge in [-0.1, -0.05) is 11.6 Å². The number of nitrogens with two attached hydrogens (primary N) is 2. The highest BCUT2D eigenvalue weighted by Gasteiger charge is 2.12. The Morgan fingerprint density at radius 2 is 2.12 bits per heavy atom. The van der Waals surface area contributed by atoms with Crippen LogP contribution in [0.5, 0.6) is 0 Å². The van der Waals surface area contributed by atoms with Gasteiger partial charge in [0.2, 0.25) is 0 Å². The molecule has 0 saturated heterocycles. The van der Waals surface area contributed by atoms with Gasteiger partial charge in [0.05, 0.1) is 23.4 Å². The van der Waals surface area contributed by atoms with Gasteiger partial charge in [0.1, 0.15) is 0 Å². The fraction of sp³-hybridized carbons (Fsp3) is 0. The lowest BCUT2D eigenvalue weighted by atomic mass is 10.1. The van der Waals surface area contributed by atoms with Crippen molar-refractivity contribution in [3.8, 4) is 11.3 Å². The van der Waals surface area contributed by atoms with E-state index >= 15 is 0 Å². The lowest BCUT2D eigenvalue weighted by Gasteiger charge is -2.19. The van der Waals surface area contributed by atoms with Crippen molar-refractivity contribution in [1.29, 1.82) is 0 Å². The number of aromatic amines is 1. The minimum absolute atomic E-state index is 0.273. The third kappa shape index (κ3) is 3.85. The maximum atomic E-state index is 11.6. The van der Waals surface area contributed by atoms with E-state index in [1.54, 1.807) is 42.9 Å². The van der Waals surface area contributed by atoms with Gasteiger partial charge in [-0.15, -0.1) is 0 Å². The summed E-state index contributed by atoms with van der Waals surface area (Å²) in [6.45, 7) is 0. The zero-order chi connectivity index (χ0) is 17.8. The third-order valence-electron chi connectivity index (χ3n) is 3.46. The Labute approximate surface area is 148 Å². The number of benzene rings is 1. The van der Waals surface area contributed by atoms with E-state index in [1.165, 1.54) is 17.4 Å². The van der Waals surface area contributed by atoms with Crippen LogP contribution < -0.4 is 22.1 Å². The smallest absolute Gasteiger partial charge is 0.251 e. The zero-order valence-electron chi connectivity index (χ0n) is 13.1. The molecule has 0 spiro atoms. The molecule has 0 saturated carbocycles. The van der Waals surface area contributed by atoms with Crippen molar-refractivity contribution in [3.63, 3.8) is 0 Å². The molecule has 0 aliphatic carbocycles. The number of nitrogens with one attached hydrogen (secondary N) is 1. The molecule has 126 valence electrons. The predicted octanol–water partition coefficient (Wildman–Crippen LogP) is 2.12. The van der Waals surface area contributed by atoms with E-state index in [4.69, 9.17) is 23.2 Å². The maximum absolute atomic E-state index is 11.6. The Balaban J connectivity index is 2.04. The van der Waals surface area contributed by atoms with Crippen LogP contribution in [-0.2, 0) is 0 Å². The summed E-state index contributed by atoms with van der Waals surface area (Å²) in [5.41, 5.74) is 8.63. The number of halogens is 1. The zero-order valence-corrected chi connectivity index (χ0v) is 13.8. The lowest BCUT2D eigenvalue weighted by molar-refractivity contribution is 1.07. The molecule has 0 unspecified atom stereocenters. The molecule has 1 aromatic carbocycles. The van der Waals surface area contributed by atoms with Crippen LogP contribution in [0.3, 0.4) is 0 Å². The Bertz CT molecular complexity index is 970. The van der Waals surface area contributed by atoms with Crippen LogP contribution in [0.2, 0.25) is 5.02 Å². The third-order valence-corrected chi connectivity index (χ3v) is 3.70. The first-order valence-electron chi connectivity index (χ1n) is 7.31. The average Bonchev–Trinajstić information content (AvgIpc) is 2.62. The van der Waals surface area contributed by atoms with Crippen LogP contribution in [0.25, 0.3) is 17.0 Å². The van der Waals surface area contributed by atoms with E-state index in [2.05, 4.69) is 15.0 Å². The second kappa shape index (κ2) is 7.16. The van der Waals surface area contributed by atoms with Gasteiger partial charge < -0.3 is 10.7 Å².